The zero-order valence-corrected chi connectivity index (χ0v) is 14.6. The second-order valence-electron chi connectivity index (χ2n) is 7.42. The number of fused-ring (bicyclic) bond motifs is 6. The minimum absolute atomic E-state index is 0.0965. The molecule has 27 heavy (non-hydrogen) atoms. The van der Waals surface area contributed by atoms with Crippen LogP contribution in [0.3, 0.4) is 0 Å². The molecule has 1 saturated heterocycles. The number of nitrogens with zero attached hydrogens (tertiary/aromatic N) is 1. The molecule has 5 rings (SSSR count). The summed E-state index contributed by atoms with van der Waals surface area (Å²) in [5.41, 5.74) is 0.684. The predicted molar refractivity (Wildman–Crippen MR) is 101 cm³/mol. The topological polar surface area (TPSA) is 78.5 Å². The molecule has 2 N–H and O–H groups in total. The Bertz CT molecular complexity index is 964. The third-order valence-electron chi connectivity index (χ3n) is 6.00. The van der Waals surface area contributed by atoms with Crippen molar-refractivity contribution in [3.05, 3.63) is 54.6 Å². The summed E-state index contributed by atoms with van der Waals surface area (Å²) in [5.74, 6) is -0.456. The lowest BCUT2D eigenvalue weighted by molar-refractivity contribution is -0.140. The third kappa shape index (κ3) is 2.44. The fraction of sp³-hybridized carbons (Fsp3) is 0.286. The quantitative estimate of drug-likeness (QED) is 0.652. The summed E-state index contributed by atoms with van der Waals surface area (Å²) >= 11 is 0. The second kappa shape index (κ2) is 5.94. The number of carbonyl (C=O) groups is 3. The van der Waals surface area contributed by atoms with Gasteiger partial charge in [0.1, 0.15) is 6.67 Å². The van der Waals surface area contributed by atoms with Crippen molar-refractivity contribution in [2.24, 2.45) is 23.7 Å². The molecule has 3 aliphatic rings. The van der Waals surface area contributed by atoms with Gasteiger partial charge in [-0.2, -0.15) is 0 Å². The average molecular weight is 361 g/mol. The third-order valence-corrected chi connectivity index (χ3v) is 6.00. The summed E-state index contributed by atoms with van der Waals surface area (Å²) in [6.45, 7) is -0.0965. The Morgan fingerprint density at radius 2 is 1.63 bits per heavy atom. The van der Waals surface area contributed by atoms with Gasteiger partial charge < -0.3 is 10.6 Å². The monoisotopic (exact) mass is 361 g/mol. The van der Waals surface area contributed by atoms with Gasteiger partial charge in [-0.3, -0.25) is 14.5 Å². The molecule has 1 heterocycles. The highest BCUT2D eigenvalue weighted by atomic mass is 16.2. The molecule has 4 atom stereocenters. The van der Waals surface area contributed by atoms with Crippen LogP contribution in [0, 0.1) is 23.7 Å². The van der Waals surface area contributed by atoms with Crippen LogP contribution in [0.2, 0.25) is 0 Å². The largest absolute Gasteiger partial charge is 0.320 e. The summed E-state index contributed by atoms with van der Waals surface area (Å²) in [7, 11) is 0. The van der Waals surface area contributed by atoms with Crippen LogP contribution in [0.1, 0.15) is 6.42 Å². The molecule has 1 saturated carbocycles. The van der Waals surface area contributed by atoms with Gasteiger partial charge in [-0.1, -0.05) is 48.6 Å². The number of hydrogen-bond donors (Lipinski definition) is 2. The molecule has 2 fully saturated rings. The van der Waals surface area contributed by atoms with Crippen molar-refractivity contribution in [2.45, 2.75) is 6.42 Å². The lowest BCUT2D eigenvalue weighted by Gasteiger charge is -2.18. The molecular formula is C21H19N3O3. The zero-order valence-electron chi connectivity index (χ0n) is 14.6. The summed E-state index contributed by atoms with van der Waals surface area (Å²) in [5, 5.41) is 7.41. The molecule has 4 amide bonds. The highest BCUT2D eigenvalue weighted by molar-refractivity contribution is 6.07. The van der Waals surface area contributed by atoms with Gasteiger partial charge in [-0.15, -0.1) is 0 Å². The van der Waals surface area contributed by atoms with Gasteiger partial charge in [-0.05, 0) is 29.7 Å². The summed E-state index contributed by atoms with van der Waals surface area (Å²) < 4.78 is 0. The zero-order chi connectivity index (χ0) is 18.5. The number of nitrogens with one attached hydrogen (secondary N) is 2. The average Bonchev–Trinajstić information content (AvgIpc) is 3.35. The van der Waals surface area contributed by atoms with Crippen LogP contribution in [0.25, 0.3) is 10.8 Å². The maximum Gasteiger partial charge on any atom is 0.320 e. The SMILES string of the molecule is O=C(NCN1C(=O)C2C3C=CC(C3)C2C1=O)Nc1cccc2ccccc12. The summed E-state index contributed by atoms with van der Waals surface area (Å²) in [4.78, 5) is 38.8. The number of benzene rings is 2. The molecule has 6 heteroatoms. The molecule has 0 radical (unpaired) electrons. The van der Waals surface area contributed by atoms with E-state index in [9.17, 15) is 14.4 Å². The Labute approximate surface area is 156 Å². The van der Waals surface area contributed by atoms with E-state index in [0.29, 0.717) is 5.69 Å². The molecule has 6 nitrogen and oxygen atoms in total. The van der Waals surface area contributed by atoms with E-state index in [-0.39, 0.29) is 42.2 Å². The number of hydrogen-bond acceptors (Lipinski definition) is 3. The van der Waals surface area contributed by atoms with Crippen molar-refractivity contribution in [3.8, 4) is 0 Å². The van der Waals surface area contributed by atoms with E-state index in [0.717, 1.165) is 17.2 Å². The first-order valence-corrected chi connectivity index (χ1v) is 9.19. The Kier molecular flexibility index (Phi) is 3.53. The van der Waals surface area contributed by atoms with Crippen molar-refractivity contribution in [3.63, 3.8) is 0 Å². The van der Waals surface area contributed by atoms with Crippen molar-refractivity contribution < 1.29 is 14.4 Å². The molecule has 0 aromatic heterocycles. The Morgan fingerprint density at radius 3 is 2.37 bits per heavy atom. The van der Waals surface area contributed by atoms with E-state index in [1.54, 1.807) is 0 Å². The smallest absolute Gasteiger partial charge is 0.320 e. The number of urea groups is 1. The van der Waals surface area contributed by atoms with E-state index in [1.807, 2.05) is 42.5 Å². The molecule has 4 unspecified atom stereocenters. The first-order valence-electron chi connectivity index (χ1n) is 9.19. The fourth-order valence-electron chi connectivity index (χ4n) is 4.77. The summed E-state index contributed by atoms with van der Waals surface area (Å²) in [6.07, 6.45) is 5.01. The van der Waals surface area contributed by atoms with Crippen molar-refractivity contribution >= 4 is 34.3 Å². The van der Waals surface area contributed by atoms with Gasteiger partial charge in [0.15, 0.2) is 0 Å². The van der Waals surface area contributed by atoms with Crippen molar-refractivity contribution in [1.29, 1.82) is 0 Å². The molecular weight excluding hydrogens is 342 g/mol. The number of anilines is 1. The van der Waals surface area contributed by atoms with Gasteiger partial charge in [-0.25, -0.2) is 4.79 Å². The number of rotatable bonds is 3. The van der Waals surface area contributed by atoms with Crippen LogP contribution in [0.5, 0.6) is 0 Å². The number of carbonyl (C=O) groups excluding carboxylic acids is 3. The van der Waals surface area contributed by atoms with Crippen molar-refractivity contribution in [1.82, 2.24) is 10.2 Å². The van der Waals surface area contributed by atoms with Crippen LogP contribution in [-0.4, -0.2) is 29.4 Å². The molecule has 0 spiro atoms. The second-order valence-corrected chi connectivity index (χ2v) is 7.42. The predicted octanol–water partition coefficient (Wildman–Crippen LogP) is 2.73. The molecule has 2 aromatic rings. The van der Waals surface area contributed by atoms with E-state index >= 15 is 0 Å². The molecule has 2 aromatic carbocycles. The fourth-order valence-corrected chi connectivity index (χ4v) is 4.77. The van der Waals surface area contributed by atoms with Gasteiger partial charge in [0.25, 0.3) is 0 Å². The van der Waals surface area contributed by atoms with E-state index in [1.165, 1.54) is 4.90 Å². The number of allylic oxidation sites excluding steroid dienone is 2. The minimum atomic E-state index is -0.440. The van der Waals surface area contributed by atoms with Gasteiger partial charge in [0.05, 0.1) is 17.5 Å². The van der Waals surface area contributed by atoms with Crippen LogP contribution in [-0.2, 0) is 9.59 Å². The highest BCUT2D eigenvalue weighted by Gasteiger charge is 2.59. The maximum atomic E-state index is 12.6. The maximum absolute atomic E-state index is 12.6. The Balaban J connectivity index is 1.26. The Morgan fingerprint density at radius 1 is 0.963 bits per heavy atom. The van der Waals surface area contributed by atoms with Crippen LogP contribution in [0.15, 0.2) is 54.6 Å². The minimum Gasteiger partial charge on any atom is -0.320 e. The van der Waals surface area contributed by atoms with Crippen LogP contribution in [0.4, 0.5) is 10.5 Å². The first-order chi connectivity index (χ1) is 13.1. The van der Waals surface area contributed by atoms with E-state index in [2.05, 4.69) is 22.8 Å². The molecule has 2 aliphatic carbocycles. The lowest BCUT2D eigenvalue weighted by atomic mass is 9.85. The normalized spacial score (nSPS) is 28.1. The number of amides is 4. The highest BCUT2D eigenvalue weighted by Crippen LogP contribution is 2.52. The first kappa shape index (κ1) is 16.1. The van der Waals surface area contributed by atoms with E-state index in [4.69, 9.17) is 0 Å². The molecule has 136 valence electrons. The summed E-state index contributed by atoms with van der Waals surface area (Å²) in [6, 6.07) is 13.0. The van der Waals surface area contributed by atoms with Gasteiger partial charge >= 0.3 is 6.03 Å². The van der Waals surface area contributed by atoms with Crippen LogP contribution >= 0.6 is 0 Å². The van der Waals surface area contributed by atoms with Crippen LogP contribution < -0.4 is 10.6 Å². The lowest BCUT2D eigenvalue weighted by Crippen LogP contribution is -2.43. The molecule has 1 aliphatic heterocycles. The molecule has 2 bridgehead atoms. The van der Waals surface area contributed by atoms with E-state index < -0.39 is 6.03 Å². The van der Waals surface area contributed by atoms with Gasteiger partial charge in [0.2, 0.25) is 11.8 Å². The number of likely N-dealkylation sites (tertiary alicyclic amines) is 1. The van der Waals surface area contributed by atoms with Crippen molar-refractivity contribution in [2.75, 3.05) is 12.0 Å². The number of imide groups is 1. The van der Waals surface area contributed by atoms with Gasteiger partial charge in [0, 0.05) is 5.39 Å². The standard InChI is InChI=1S/C21H19N3O3/c25-19-17-13-8-9-14(10-13)18(17)20(26)24(19)11-22-21(27)23-16-7-3-5-12-4-1-2-6-15(12)16/h1-9,13-14,17-18H,10-11H2,(H2,22,23,27). The Hall–Kier alpha value is -3.15.